The maximum atomic E-state index is 12.2. The molecule has 0 aliphatic carbocycles. The zero-order chi connectivity index (χ0) is 20.4. The van der Waals surface area contributed by atoms with Gasteiger partial charge in [0.05, 0.1) is 28.3 Å². The van der Waals surface area contributed by atoms with E-state index in [1.165, 1.54) is 7.11 Å². The molecule has 0 unspecified atom stereocenters. The SMILES string of the molecule is COc1cc(/C=C2\N=C(c3ccc(Cl)c(Cl)c3)OC2=O)cc(Cl)c1OC(C)C. The van der Waals surface area contributed by atoms with Crippen LogP contribution in [0, 0.1) is 0 Å². The molecule has 2 aromatic carbocycles. The lowest BCUT2D eigenvalue weighted by Crippen LogP contribution is -2.07. The molecule has 146 valence electrons. The molecule has 3 rings (SSSR count). The fourth-order valence-corrected chi connectivity index (χ4v) is 3.05. The molecule has 2 aromatic rings. The van der Waals surface area contributed by atoms with Crippen LogP contribution in [0.15, 0.2) is 41.0 Å². The summed E-state index contributed by atoms with van der Waals surface area (Å²) in [5.74, 6) is 0.453. The maximum Gasteiger partial charge on any atom is 0.363 e. The van der Waals surface area contributed by atoms with Crippen molar-refractivity contribution in [2.45, 2.75) is 20.0 Å². The van der Waals surface area contributed by atoms with Gasteiger partial charge in [-0.1, -0.05) is 34.8 Å². The van der Waals surface area contributed by atoms with Crippen molar-refractivity contribution in [1.29, 1.82) is 0 Å². The Hall–Kier alpha value is -2.21. The van der Waals surface area contributed by atoms with Gasteiger partial charge >= 0.3 is 5.97 Å². The zero-order valence-corrected chi connectivity index (χ0v) is 17.5. The number of nitrogens with zero attached hydrogens (tertiary/aromatic N) is 1. The Labute approximate surface area is 177 Å². The fraction of sp³-hybridized carbons (Fsp3) is 0.200. The van der Waals surface area contributed by atoms with Crippen molar-refractivity contribution in [1.82, 2.24) is 0 Å². The van der Waals surface area contributed by atoms with Gasteiger partial charge in [0.2, 0.25) is 5.90 Å². The number of aliphatic imine (C=N–C) groups is 1. The summed E-state index contributed by atoms with van der Waals surface area (Å²) in [7, 11) is 1.51. The van der Waals surface area contributed by atoms with Crippen LogP contribution in [0.5, 0.6) is 11.5 Å². The number of rotatable bonds is 5. The molecule has 0 fully saturated rings. The van der Waals surface area contributed by atoms with Crippen molar-refractivity contribution < 1.29 is 19.0 Å². The number of carbonyl (C=O) groups is 1. The molecule has 1 aliphatic heterocycles. The smallest absolute Gasteiger partial charge is 0.363 e. The second-order valence-corrected chi connectivity index (χ2v) is 7.39. The summed E-state index contributed by atoms with van der Waals surface area (Å²) in [5.41, 5.74) is 1.28. The highest BCUT2D eigenvalue weighted by atomic mass is 35.5. The van der Waals surface area contributed by atoms with Gasteiger partial charge in [-0.05, 0) is 55.8 Å². The van der Waals surface area contributed by atoms with Crippen molar-refractivity contribution in [3.63, 3.8) is 0 Å². The molecule has 0 N–H and O–H groups in total. The van der Waals surface area contributed by atoms with E-state index < -0.39 is 5.97 Å². The van der Waals surface area contributed by atoms with Crippen molar-refractivity contribution >= 4 is 52.7 Å². The van der Waals surface area contributed by atoms with E-state index in [-0.39, 0.29) is 17.7 Å². The lowest BCUT2D eigenvalue weighted by Gasteiger charge is -2.15. The second kappa shape index (κ2) is 8.43. The van der Waals surface area contributed by atoms with Crippen molar-refractivity contribution in [3.05, 3.63) is 62.2 Å². The summed E-state index contributed by atoms with van der Waals surface area (Å²) in [4.78, 5) is 16.5. The van der Waals surface area contributed by atoms with Gasteiger partial charge in [-0.25, -0.2) is 9.79 Å². The summed E-state index contributed by atoms with van der Waals surface area (Å²) >= 11 is 18.3. The summed E-state index contributed by atoms with van der Waals surface area (Å²) in [6.07, 6.45) is 1.49. The first-order chi connectivity index (χ1) is 13.3. The van der Waals surface area contributed by atoms with Crippen molar-refractivity contribution in [2.75, 3.05) is 7.11 Å². The Kier molecular flexibility index (Phi) is 6.18. The van der Waals surface area contributed by atoms with E-state index in [1.807, 2.05) is 13.8 Å². The third-order valence-corrected chi connectivity index (χ3v) is 4.72. The van der Waals surface area contributed by atoms with Gasteiger partial charge in [0.25, 0.3) is 0 Å². The third-order valence-electron chi connectivity index (χ3n) is 3.70. The minimum atomic E-state index is -0.585. The van der Waals surface area contributed by atoms with Gasteiger partial charge in [-0.3, -0.25) is 0 Å². The van der Waals surface area contributed by atoms with E-state index in [9.17, 15) is 4.79 Å². The van der Waals surface area contributed by atoms with Gasteiger partial charge in [-0.2, -0.15) is 0 Å². The summed E-state index contributed by atoms with van der Waals surface area (Å²) < 4.78 is 16.3. The van der Waals surface area contributed by atoms with Crippen LogP contribution in [-0.4, -0.2) is 25.1 Å². The van der Waals surface area contributed by atoms with Gasteiger partial charge in [0.15, 0.2) is 17.2 Å². The fourth-order valence-electron chi connectivity index (χ4n) is 2.49. The molecule has 28 heavy (non-hydrogen) atoms. The zero-order valence-electron chi connectivity index (χ0n) is 15.3. The highest BCUT2D eigenvalue weighted by Gasteiger charge is 2.25. The number of halogens is 3. The number of carbonyl (C=O) groups excluding carboxylic acids is 1. The van der Waals surface area contributed by atoms with Crippen LogP contribution in [0.1, 0.15) is 25.0 Å². The van der Waals surface area contributed by atoms with E-state index >= 15 is 0 Å². The Morgan fingerprint density at radius 1 is 1.07 bits per heavy atom. The minimum Gasteiger partial charge on any atom is -0.493 e. The average molecular weight is 441 g/mol. The lowest BCUT2D eigenvalue weighted by molar-refractivity contribution is -0.129. The molecule has 0 saturated heterocycles. The monoisotopic (exact) mass is 439 g/mol. The first-order valence-electron chi connectivity index (χ1n) is 8.30. The van der Waals surface area contributed by atoms with Crippen LogP contribution in [-0.2, 0) is 9.53 Å². The van der Waals surface area contributed by atoms with Crippen LogP contribution in [0.25, 0.3) is 6.08 Å². The topological polar surface area (TPSA) is 57.1 Å². The highest BCUT2D eigenvalue weighted by Crippen LogP contribution is 2.38. The quantitative estimate of drug-likeness (QED) is 0.436. The van der Waals surface area contributed by atoms with Gasteiger partial charge in [-0.15, -0.1) is 0 Å². The Balaban J connectivity index is 1.96. The van der Waals surface area contributed by atoms with E-state index in [0.717, 1.165) is 0 Å². The predicted molar refractivity (Wildman–Crippen MR) is 111 cm³/mol. The first-order valence-corrected chi connectivity index (χ1v) is 9.44. The lowest BCUT2D eigenvalue weighted by atomic mass is 10.1. The molecule has 0 radical (unpaired) electrons. The maximum absolute atomic E-state index is 12.2. The number of esters is 1. The predicted octanol–water partition coefficient (Wildman–Crippen LogP) is 5.79. The first kappa shape index (κ1) is 20.5. The molecule has 5 nitrogen and oxygen atoms in total. The molecule has 0 spiro atoms. The van der Waals surface area contributed by atoms with Gasteiger partial charge < -0.3 is 14.2 Å². The molecule has 0 bridgehead atoms. The normalized spacial score (nSPS) is 15.0. The Bertz CT molecular complexity index is 999. The van der Waals surface area contributed by atoms with Gasteiger partial charge in [0.1, 0.15) is 0 Å². The van der Waals surface area contributed by atoms with Crippen molar-refractivity contribution in [2.24, 2.45) is 4.99 Å². The van der Waals surface area contributed by atoms with E-state index in [2.05, 4.69) is 4.99 Å². The molecule has 1 heterocycles. The number of hydrogen-bond acceptors (Lipinski definition) is 5. The standard InChI is InChI=1S/C20H16Cl3NO4/c1-10(2)27-18-15(23)6-11(8-17(18)26-3)7-16-20(25)28-19(24-16)12-4-5-13(21)14(22)9-12/h4-10H,1-3H3/b16-7-. The summed E-state index contributed by atoms with van der Waals surface area (Å²) in [6.45, 7) is 3.78. The molecule has 1 aliphatic rings. The number of ether oxygens (including phenoxy) is 3. The third kappa shape index (κ3) is 4.43. The molecule has 0 saturated carbocycles. The summed E-state index contributed by atoms with van der Waals surface area (Å²) in [6, 6.07) is 8.22. The van der Waals surface area contributed by atoms with Crippen LogP contribution in [0.4, 0.5) is 0 Å². The van der Waals surface area contributed by atoms with Crippen LogP contribution in [0.2, 0.25) is 15.1 Å². The number of cyclic esters (lactones) is 1. The largest absolute Gasteiger partial charge is 0.493 e. The molecular weight excluding hydrogens is 425 g/mol. The Morgan fingerprint density at radius 3 is 2.46 bits per heavy atom. The number of hydrogen-bond donors (Lipinski definition) is 0. The Morgan fingerprint density at radius 2 is 1.82 bits per heavy atom. The average Bonchev–Trinajstić information content (AvgIpc) is 2.99. The molecule has 0 aromatic heterocycles. The van der Waals surface area contributed by atoms with Crippen molar-refractivity contribution in [3.8, 4) is 11.5 Å². The number of benzene rings is 2. The minimum absolute atomic E-state index is 0.0706. The molecular formula is C20H16Cl3NO4. The molecule has 0 atom stereocenters. The second-order valence-electron chi connectivity index (χ2n) is 6.17. The highest BCUT2D eigenvalue weighted by molar-refractivity contribution is 6.42. The van der Waals surface area contributed by atoms with Crippen LogP contribution in [0.3, 0.4) is 0 Å². The van der Waals surface area contributed by atoms with E-state index in [0.29, 0.717) is 37.7 Å². The van der Waals surface area contributed by atoms with Crippen LogP contribution >= 0.6 is 34.8 Å². The summed E-state index contributed by atoms with van der Waals surface area (Å²) in [5, 5.41) is 1.10. The number of methoxy groups -OCH3 is 1. The van der Waals surface area contributed by atoms with Gasteiger partial charge in [0, 0.05) is 5.56 Å². The van der Waals surface area contributed by atoms with Crippen LogP contribution < -0.4 is 9.47 Å². The molecule has 0 amide bonds. The van der Waals surface area contributed by atoms with E-state index in [4.69, 9.17) is 49.0 Å². The van der Waals surface area contributed by atoms with E-state index in [1.54, 1.807) is 36.4 Å². The molecule has 8 heteroatoms.